The molecule has 0 aliphatic rings. The van der Waals surface area contributed by atoms with E-state index in [4.69, 9.17) is 5.11 Å². The van der Waals surface area contributed by atoms with Crippen LogP contribution in [0.5, 0.6) is 5.75 Å². The smallest absolute Gasteiger partial charge is 0.396 e. The molecule has 2 aromatic rings. The van der Waals surface area contributed by atoms with Crippen LogP contribution in [-0.4, -0.2) is 11.3 Å². The highest BCUT2D eigenvalue weighted by atomic mass is 19.4. The van der Waals surface area contributed by atoms with Gasteiger partial charge in [0.1, 0.15) is 11.6 Å². The van der Waals surface area contributed by atoms with Gasteiger partial charge in [0.15, 0.2) is 0 Å². The third-order valence-corrected chi connectivity index (χ3v) is 3.04. The van der Waals surface area contributed by atoms with Crippen LogP contribution in [-0.2, 0) is 6.42 Å². The van der Waals surface area contributed by atoms with E-state index in [2.05, 4.69) is 0 Å². The minimum Gasteiger partial charge on any atom is -0.508 e. The number of hydrogen-bond acceptors (Lipinski definition) is 1. The quantitative estimate of drug-likeness (QED) is 0.827. The van der Waals surface area contributed by atoms with Gasteiger partial charge in [-0.15, -0.1) is 0 Å². The average molecular weight is 284 g/mol. The van der Waals surface area contributed by atoms with Gasteiger partial charge in [-0.25, -0.2) is 4.39 Å². The monoisotopic (exact) mass is 284 g/mol. The predicted molar refractivity (Wildman–Crippen MR) is 67.0 cm³/mol. The van der Waals surface area contributed by atoms with Crippen LogP contribution in [0, 0.1) is 5.82 Å². The topological polar surface area (TPSA) is 20.2 Å². The van der Waals surface area contributed by atoms with Crippen LogP contribution < -0.4 is 0 Å². The molecule has 0 amide bonds. The summed E-state index contributed by atoms with van der Waals surface area (Å²) < 4.78 is 52.2. The number of halogens is 4. The van der Waals surface area contributed by atoms with Crippen LogP contribution >= 0.6 is 0 Å². The molecular weight excluding hydrogens is 272 g/mol. The van der Waals surface area contributed by atoms with Crippen molar-refractivity contribution < 1.29 is 22.7 Å². The summed E-state index contributed by atoms with van der Waals surface area (Å²) in [7, 11) is 0. The maximum absolute atomic E-state index is 13.1. The molecular formula is C15H12F4O. The minimum absolute atomic E-state index is 0.000842. The minimum atomic E-state index is -4.42. The Bertz CT molecular complexity index is 558. The molecule has 1 unspecified atom stereocenters. The van der Waals surface area contributed by atoms with Gasteiger partial charge in [0.05, 0.1) is 5.92 Å². The van der Waals surface area contributed by atoms with Gasteiger partial charge in [0.2, 0.25) is 0 Å². The number of aromatic hydroxyl groups is 1. The molecule has 0 radical (unpaired) electrons. The number of phenols is 1. The Balaban J connectivity index is 2.29. The van der Waals surface area contributed by atoms with Crippen molar-refractivity contribution in [2.24, 2.45) is 0 Å². The first-order valence-electron chi connectivity index (χ1n) is 5.96. The zero-order valence-electron chi connectivity index (χ0n) is 10.4. The van der Waals surface area contributed by atoms with Crippen LogP contribution in [0.3, 0.4) is 0 Å². The molecule has 0 heterocycles. The third-order valence-electron chi connectivity index (χ3n) is 3.04. The second kappa shape index (κ2) is 5.53. The maximum Gasteiger partial charge on any atom is 0.396 e. The van der Waals surface area contributed by atoms with Crippen molar-refractivity contribution in [3.05, 3.63) is 65.5 Å². The van der Waals surface area contributed by atoms with Gasteiger partial charge in [-0.1, -0.05) is 24.3 Å². The molecule has 20 heavy (non-hydrogen) atoms. The third kappa shape index (κ3) is 3.50. The lowest BCUT2D eigenvalue weighted by molar-refractivity contribution is -0.150. The number of hydrogen-bond donors (Lipinski definition) is 1. The van der Waals surface area contributed by atoms with Crippen molar-refractivity contribution in [2.75, 3.05) is 0 Å². The molecule has 2 aromatic carbocycles. The second-order valence-corrected chi connectivity index (χ2v) is 4.52. The van der Waals surface area contributed by atoms with E-state index in [9.17, 15) is 17.6 Å². The van der Waals surface area contributed by atoms with E-state index in [0.29, 0.717) is 5.56 Å². The lowest BCUT2D eigenvalue weighted by Gasteiger charge is -2.21. The van der Waals surface area contributed by atoms with Crippen molar-refractivity contribution >= 4 is 0 Å². The van der Waals surface area contributed by atoms with E-state index in [-0.39, 0.29) is 17.7 Å². The molecule has 1 N–H and O–H groups in total. The molecule has 5 heteroatoms. The zero-order valence-corrected chi connectivity index (χ0v) is 10.4. The molecule has 1 atom stereocenters. The summed E-state index contributed by atoms with van der Waals surface area (Å²) in [4.78, 5) is 0. The molecule has 0 spiro atoms. The molecule has 0 aliphatic carbocycles. The first-order valence-corrected chi connectivity index (χ1v) is 5.96. The number of alkyl halides is 3. The van der Waals surface area contributed by atoms with Crippen LogP contribution in [0.15, 0.2) is 48.5 Å². The van der Waals surface area contributed by atoms with Gasteiger partial charge in [-0.2, -0.15) is 13.2 Å². The van der Waals surface area contributed by atoms with Gasteiger partial charge < -0.3 is 5.11 Å². The molecule has 1 nitrogen and oxygen atoms in total. The van der Waals surface area contributed by atoms with Crippen molar-refractivity contribution in [1.82, 2.24) is 0 Å². The lowest BCUT2D eigenvalue weighted by atomic mass is 9.91. The Hall–Kier alpha value is -2.04. The van der Waals surface area contributed by atoms with Gasteiger partial charge in [0.25, 0.3) is 0 Å². The molecule has 0 bridgehead atoms. The van der Waals surface area contributed by atoms with Crippen molar-refractivity contribution in [3.63, 3.8) is 0 Å². The van der Waals surface area contributed by atoms with Crippen LogP contribution in [0.25, 0.3) is 0 Å². The Labute approximate surface area is 113 Å². The van der Waals surface area contributed by atoms with Crippen LogP contribution in [0.2, 0.25) is 0 Å². The second-order valence-electron chi connectivity index (χ2n) is 4.52. The summed E-state index contributed by atoms with van der Waals surface area (Å²) >= 11 is 0. The number of phenolic OH excluding ortho intramolecular Hbond substituents is 1. The summed E-state index contributed by atoms with van der Waals surface area (Å²) in [5.41, 5.74) is 0.474. The van der Waals surface area contributed by atoms with E-state index in [1.807, 2.05) is 0 Å². The summed E-state index contributed by atoms with van der Waals surface area (Å²) in [5, 5.41) is 9.13. The fourth-order valence-electron chi connectivity index (χ4n) is 1.99. The molecule has 0 fully saturated rings. The molecule has 0 aliphatic heterocycles. The van der Waals surface area contributed by atoms with E-state index < -0.39 is 17.9 Å². The molecule has 106 valence electrons. The highest BCUT2D eigenvalue weighted by molar-refractivity contribution is 5.29. The Morgan fingerprint density at radius 2 is 1.45 bits per heavy atom. The zero-order chi connectivity index (χ0) is 14.8. The predicted octanol–water partition coefficient (Wildman–Crippen LogP) is 4.42. The van der Waals surface area contributed by atoms with E-state index in [1.165, 1.54) is 24.3 Å². The number of benzene rings is 2. The number of rotatable bonds is 3. The van der Waals surface area contributed by atoms with Crippen LogP contribution in [0.1, 0.15) is 17.0 Å². The Morgan fingerprint density at radius 1 is 0.900 bits per heavy atom. The highest BCUT2D eigenvalue weighted by Crippen LogP contribution is 2.37. The van der Waals surface area contributed by atoms with E-state index in [1.54, 1.807) is 0 Å². The largest absolute Gasteiger partial charge is 0.508 e. The summed E-state index contributed by atoms with van der Waals surface area (Å²) in [6.45, 7) is 0. The fraction of sp³-hybridized carbons (Fsp3) is 0.200. The standard InChI is InChI=1S/C15H12F4O/c16-12-5-3-11(4-6-12)14(15(17,18)19)9-10-1-7-13(20)8-2-10/h1-8,14,20H,9H2. The first-order chi connectivity index (χ1) is 9.36. The van der Waals surface area contributed by atoms with Crippen molar-refractivity contribution in [2.45, 2.75) is 18.5 Å². The van der Waals surface area contributed by atoms with Gasteiger partial charge in [-0.3, -0.25) is 0 Å². The molecule has 0 saturated heterocycles. The Kier molecular flexibility index (Phi) is 3.97. The fourth-order valence-corrected chi connectivity index (χ4v) is 1.99. The summed E-state index contributed by atoms with van der Waals surface area (Å²) in [5.74, 6) is -2.27. The maximum atomic E-state index is 13.1. The molecule has 0 aromatic heterocycles. The van der Waals surface area contributed by atoms with Gasteiger partial charge in [0, 0.05) is 0 Å². The van der Waals surface area contributed by atoms with Crippen molar-refractivity contribution in [1.29, 1.82) is 0 Å². The van der Waals surface area contributed by atoms with E-state index >= 15 is 0 Å². The molecule has 0 saturated carbocycles. The first kappa shape index (κ1) is 14.4. The summed E-state index contributed by atoms with van der Waals surface area (Å²) in [6, 6.07) is 9.90. The van der Waals surface area contributed by atoms with Gasteiger partial charge in [-0.05, 0) is 41.8 Å². The Morgan fingerprint density at radius 3 is 1.95 bits per heavy atom. The molecule has 2 rings (SSSR count). The summed E-state index contributed by atoms with van der Waals surface area (Å²) in [6.07, 6.45) is -4.68. The van der Waals surface area contributed by atoms with Crippen LogP contribution in [0.4, 0.5) is 17.6 Å². The lowest BCUT2D eigenvalue weighted by Crippen LogP contribution is -2.23. The van der Waals surface area contributed by atoms with Gasteiger partial charge >= 0.3 is 6.18 Å². The normalized spacial score (nSPS) is 13.2. The average Bonchev–Trinajstić information content (AvgIpc) is 2.38. The van der Waals surface area contributed by atoms with Crippen molar-refractivity contribution in [3.8, 4) is 5.75 Å². The van der Waals surface area contributed by atoms with E-state index in [0.717, 1.165) is 24.3 Å². The highest BCUT2D eigenvalue weighted by Gasteiger charge is 2.40. The SMILES string of the molecule is Oc1ccc(CC(c2ccc(F)cc2)C(F)(F)F)cc1.